The molecule has 0 aromatic carbocycles. The first kappa shape index (κ1) is 10.9. The maximum absolute atomic E-state index is 5.57. The van der Waals surface area contributed by atoms with E-state index in [1.165, 1.54) is 0 Å². The Morgan fingerprint density at radius 1 is 1.38 bits per heavy atom. The van der Waals surface area contributed by atoms with Crippen molar-refractivity contribution in [2.45, 2.75) is 33.4 Å². The summed E-state index contributed by atoms with van der Waals surface area (Å²) in [5, 5.41) is 8.20. The minimum atomic E-state index is 0.404. The first-order valence-corrected chi connectivity index (χ1v) is 5.45. The molecular formula is C11H16N4O. The second-order valence-corrected chi connectivity index (χ2v) is 3.69. The summed E-state index contributed by atoms with van der Waals surface area (Å²) in [5.41, 5.74) is 5.51. The van der Waals surface area contributed by atoms with Gasteiger partial charge in [-0.2, -0.15) is 0 Å². The van der Waals surface area contributed by atoms with Crippen LogP contribution in [0.15, 0.2) is 16.5 Å². The van der Waals surface area contributed by atoms with Crippen LogP contribution in [0.25, 0.3) is 11.6 Å². The molecule has 5 heteroatoms. The smallest absolute Gasteiger partial charge is 0.199 e. The van der Waals surface area contributed by atoms with Crippen LogP contribution in [0.3, 0.4) is 0 Å². The van der Waals surface area contributed by atoms with Crippen LogP contribution in [0.1, 0.15) is 24.9 Å². The van der Waals surface area contributed by atoms with Gasteiger partial charge >= 0.3 is 0 Å². The lowest BCUT2D eigenvalue weighted by Gasteiger charge is -2.04. The zero-order chi connectivity index (χ0) is 11.5. The molecule has 0 fully saturated rings. The van der Waals surface area contributed by atoms with Crippen molar-refractivity contribution in [3.63, 3.8) is 0 Å². The normalized spacial score (nSPS) is 10.9. The predicted molar refractivity (Wildman–Crippen MR) is 60.6 cm³/mol. The fourth-order valence-corrected chi connectivity index (χ4v) is 1.66. The molecule has 16 heavy (non-hydrogen) atoms. The van der Waals surface area contributed by atoms with Gasteiger partial charge in [0, 0.05) is 6.54 Å². The third kappa shape index (κ3) is 1.86. The summed E-state index contributed by atoms with van der Waals surface area (Å²) in [5.74, 6) is 3.18. The van der Waals surface area contributed by atoms with E-state index in [0.29, 0.717) is 6.54 Å². The van der Waals surface area contributed by atoms with Gasteiger partial charge in [0.05, 0.1) is 6.54 Å². The molecule has 0 saturated heterocycles. The molecule has 2 heterocycles. The Balaban J connectivity index is 2.39. The molecule has 2 rings (SSSR count). The van der Waals surface area contributed by atoms with Gasteiger partial charge < -0.3 is 14.7 Å². The molecule has 5 nitrogen and oxygen atoms in total. The van der Waals surface area contributed by atoms with E-state index in [9.17, 15) is 0 Å². The van der Waals surface area contributed by atoms with Gasteiger partial charge in [-0.3, -0.25) is 0 Å². The lowest BCUT2D eigenvalue weighted by atomic mass is 10.4. The molecule has 0 bridgehead atoms. The summed E-state index contributed by atoms with van der Waals surface area (Å²) in [7, 11) is 0. The van der Waals surface area contributed by atoms with Crippen LogP contribution >= 0.6 is 0 Å². The Morgan fingerprint density at radius 2 is 2.19 bits per heavy atom. The number of aryl methyl sites for hydroxylation is 1. The number of furan rings is 1. The summed E-state index contributed by atoms with van der Waals surface area (Å²) in [4.78, 5) is 0. The molecule has 0 spiro atoms. The van der Waals surface area contributed by atoms with Crippen molar-refractivity contribution in [3.8, 4) is 11.6 Å². The third-order valence-electron chi connectivity index (χ3n) is 2.47. The second-order valence-electron chi connectivity index (χ2n) is 3.69. The van der Waals surface area contributed by atoms with Crippen LogP contribution in [0, 0.1) is 6.92 Å². The van der Waals surface area contributed by atoms with Crippen LogP contribution in [-0.2, 0) is 13.1 Å². The Labute approximate surface area is 94.3 Å². The fraction of sp³-hybridized carbons (Fsp3) is 0.455. The first-order chi connectivity index (χ1) is 7.76. The minimum Gasteiger partial charge on any atom is -0.456 e. The Bertz CT molecular complexity index is 472. The lowest BCUT2D eigenvalue weighted by molar-refractivity contribution is 0.515. The fourth-order valence-electron chi connectivity index (χ4n) is 1.66. The molecular weight excluding hydrogens is 204 g/mol. The molecule has 0 aliphatic heterocycles. The maximum Gasteiger partial charge on any atom is 0.199 e. The van der Waals surface area contributed by atoms with Gasteiger partial charge in [0.25, 0.3) is 0 Å². The summed E-state index contributed by atoms with van der Waals surface area (Å²) in [6, 6.07) is 3.76. The van der Waals surface area contributed by atoms with Crippen LogP contribution < -0.4 is 5.73 Å². The highest BCUT2D eigenvalue weighted by atomic mass is 16.3. The van der Waals surface area contributed by atoms with E-state index < -0.39 is 0 Å². The van der Waals surface area contributed by atoms with Crippen LogP contribution in [0.4, 0.5) is 0 Å². The highest BCUT2D eigenvalue weighted by Crippen LogP contribution is 2.21. The van der Waals surface area contributed by atoms with E-state index >= 15 is 0 Å². The van der Waals surface area contributed by atoms with Crippen LogP contribution in [0.5, 0.6) is 0 Å². The molecule has 0 aliphatic carbocycles. The Morgan fingerprint density at radius 3 is 2.81 bits per heavy atom. The van der Waals surface area contributed by atoms with Crippen molar-refractivity contribution in [1.82, 2.24) is 14.8 Å². The molecule has 2 aromatic rings. The zero-order valence-corrected chi connectivity index (χ0v) is 9.60. The topological polar surface area (TPSA) is 69.9 Å². The summed E-state index contributed by atoms with van der Waals surface area (Å²) in [6.07, 6.45) is 1.04. The molecule has 2 aromatic heterocycles. The van der Waals surface area contributed by atoms with E-state index in [1.807, 2.05) is 19.1 Å². The van der Waals surface area contributed by atoms with Crippen LogP contribution in [-0.4, -0.2) is 14.8 Å². The minimum absolute atomic E-state index is 0.404. The molecule has 0 unspecified atom stereocenters. The van der Waals surface area contributed by atoms with Gasteiger partial charge in [-0.05, 0) is 25.5 Å². The first-order valence-electron chi connectivity index (χ1n) is 5.45. The highest BCUT2D eigenvalue weighted by Gasteiger charge is 2.13. The highest BCUT2D eigenvalue weighted by molar-refractivity contribution is 5.47. The molecule has 0 atom stereocenters. The molecule has 2 N–H and O–H groups in total. The van der Waals surface area contributed by atoms with E-state index in [1.54, 1.807) is 0 Å². The quantitative estimate of drug-likeness (QED) is 0.851. The molecule has 0 saturated carbocycles. The summed E-state index contributed by atoms with van der Waals surface area (Å²) >= 11 is 0. The van der Waals surface area contributed by atoms with Crippen LogP contribution in [0.2, 0.25) is 0 Å². The Kier molecular flexibility index (Phi) is 3.05. The standard InChI is InChI=1S/C11H16N4O/c1-3-6-15-8(2)13-14-11(15)10-5-4-9(7-12)16-10/h4-5H,3,6-7,12H2,1-2H3. The van der Waals surface area contributed by atoms with Crippen molar-refractivity contribution in [3.05, 3.63) is 23.7 Å². The largest absolute Gasteiger partial charge is 0.456 e. The Hall–Kier alpha value is -1.62. The number of hydrogen-bond donors (Lipinski definition) is 1. The van der Waals surface area contributed by atoms with Gasteiger partial charge in [0.1, 0.15) is 11.6 Å². The molecule has 86 valence electrons. The van der Waals surface area contributed by atoms with Crippen molar-refractivity contribution in [2.24, 2.45) is 5.73 Å². The van der Waals surface area contributed by atoms with Gasteiger partial charge in [-0.1, -0.05) is 6.92 Å². The number of nitrogens with two attached hydrogens (primary N) is 1. The second kappa shape index (κ2) is 4.49. The van der Waals surface area contributed by atoms with E-state index in [0.717, 1.165) is 36.1 Å². The van der Waals surface area contributed by atoms with Gasteiger partial charge in [0.2, 0.25) is 0 Å². The van der Waals surface area contributed by atoms with Crippen molar-refractivity contribution >= 4 is 0 Å². The van der Waals surface area contributed by atoms with Crippen molar-refractivity contribution in [2.75, 3.05) is 0 Å². The number of rotatable bonds is 4. The number of nitrogens with zero attached hydrogens (tertiary/aromatic N) is 3. The molecule has 0 aliphatic rings. The van der Waals surface area contributed by atoms with E-state index in [2.05, 4.69) is 21.7 Å². The zero-order valence-electron chi connectivity index (χ0n) is 9.60. The van der Waals surface area contributed by atoms with Gasteiger partial charge in [-0.25, -0.2) is 0 Å². The predicted octanol–water partition coefficient (Wildman–Crippen LogP) is 1.72. The number of hydrogen-bond acceptors (Lipinski definition) is 4. The monoisotopic (exact) mass is 220 g/mol. The van der Waals surface area contributed by atoms with Gasteiger partial charge in [-0.15, -0.1) is 10.2 Å². The molecule has 0 radical (unpaired) electrons. The number of aromatic nitrogens is 3. The average molecular weight is 220 g/mol. The van der Waals surface area contributed by atoms with E-state index in [4.69, 9.17) is 10.2 Å². The van der Waals surface area contributed by atoms with E-state index in [-0.39, 0.29) is 0 Å². The summed E-state index contributed by atoms with van der Waals surface area (Å²) < 4.78 is 7.63. The lowest BCUT2D eigenvalue weighted by Crippen LogP contribution is -2.01. The SMILES string of the molecule is CCCn1c(C)nnc1-c1ccc(CN)o1. The average Bonchev–Trinajstić information content (AvgIpc) is 2.87. The van der Waals surface area contributed by atoms with Crippen molar-refractivity contribution < 1.29 is 4.42 Å². The summed E-state index contributed by atoms with van der Waals surface area (Å²) in [6.45, 7) is 5.36. The van der Waals surface area contributed by atoms with Crippen molar-refractivity contribution in [1.29, 1.82) is 0 Å². The maximum atomic E-state index is 5.57. The molecule has 0 amide bonds. The third-order valence-corrected chi connectivity index (χ3v) is 2.47. The van der Waals surface area contributed by atoms with Gasteiger partial charge in [0.15, 0.2) is 11.6 Å².